The van der Waals surface area contributed by atoms with Crippen LogP contribution in [-0.4, -0.2) is 35.2 Å². The van der Waals surface area contributed by atoms with Gasteiger partial charge >= 0.3 is 5.97 Å². The summed E-state index contributed by atoms with van der Waals surface area (Å²) < 4.78 is 5.99. The number of piperidine rings is 1. The Kier molecular flexibility index (Phi) is 5.32. The number of ether oxygens (including phenoxy) is 1. The average molecular weight is 336 g/mol. The average Bonchev–Trinajstić information content (AvgIpc) is 2.64. The minimum Gasteiger partial charge on any atom is -0.490 e. The second kappa shape index (κ2) is 7.82. The maximum absolute atomic E-state index is 11.1. The fourth-order valence-corrected chi connectivity index (χ4v) is 3.05. The van der Waals surface area contributed by atoms with Gasteiger partial charge in [0, 0.05) is 19.6 Å². The number of aromatic carboxylic acids is 1. The summed E-state index contributed by atoms with van der Waals surface area (Å²) in [4.78, 5) is 13.4. The van der Waals surface area contributed by atoms with Crippen molar-refractivity contribution in [2.45, 2.75) is 25.5 Å². The number of hydrogen-bond acceptors (Lipinski definition) is 4. The first-order valence-electron chi connectivity index (χ1n) is 8.35. The van der Waals surface area contributed by atoms with Crippen LogP contribution in [0.4, 0.5) is 0 Å². The van der Waals surface area contributed by atoms with Crippen molar-refractivity contribution in [1.82, 2.24) is 4.90 Å². The molecule has 5 heteroatoms. The third-order valence-corrected chi connectivity index (χ3v) is 4.40. The standard InChI is InChI=1S/C20H20N2O3/c21-13-15-4-6-18(7-5-15)25-19-8-10-22(11-9-19)14-16-2-1-3-17(12-16)20(23)24/h1-7,12,19H,8-11,14H2,(H,23,24). The highest BCUT2D eigenvalue weighted by molar-refractivity contribution is 5.87. The lowest BCUT2D eigenvalue weighted by atomic mass is 10.1. The monoisotopic (exact) mass is 336 g/mol. The first-order valence-corrected chi connectivity index (χ1v) is 8.35. The minimum absolute atomic E-state index is 0.175. The van der Waals surface area contributed by atoms with Gasteiger partial charge in [0.2, 0.25) is 0 Å². The summed E-state index contributed by atoms with van der Waals surface area (Å²) in [6.07, 6.45) is 2.03. The van der Waals surface area contributed by atoms with Crippen LogP contribution in [0.15, 0.2) is 48.5 Å². The number of carboxylic acids is 1. The van der Waals surface area contributed by atoms with Crippen molar-refractivity contribution in [2.75, 3.05) is 13.1 Å². The molecule has 0 bridgehead atoms. The summed E-state index contributed by atoms with van der Waals surface area (Å²) >= 11 is 0. The summed E-state index contributed by atoms with van der Waals surface area (Å²) in [6.45, 7) is 2.58. The zero-order valence-corrected chi connectivity index (χ0v) is 13.9. The van der Waals surface area contributed by atoms with E-state index in [0.29, 0.717) is 11.1 Å². The van der Waals surface area contributed by atoms with E-state index in [1.165, 1.54) is 0 Å². The molecular formula is C20H20N2O3. The highest BCUT2D eigenvalue weighted by atomic mass is 16.5. The van der Waals surface area contributed by atoms with E-state index >= 15 is 0 Å². The zero-order valence-electron chi connectivity index (χ0n) is 13.9. The van der Waals surface area contributed by atoms with Gasteiger partial charge in [-0.1, -0.05) is 12.1 Å². The molecule has 0 aromatic heterocycles. The number of nitrogens with zero attached hydrogens (tertiary/aromatic N) is 2. The Labute approximate surface area is 147 Å². The van der Waals surface area contributed by atoms with Gasteiger partial charge in [0.25, 0.3) is 0 Å². The number of nitriles is 1. The lowest BCUT2D eigenvalue weighted by Crippen LogP contribution is -2.37. The van der Waals surface area contributed by atoms with Crippen LogP contribution in [0, 0.1) is 11.3 Å². The van der Waals surface area contributed by atoms with Gasteiger partial charge in [0.15, 0.2) is 0 Å². The van der Waals surface area contributed by atoms with E-state index < -0.39 is 5.97 Å². The van der Waals surface area contributed by atoms with Gasteiger partial charge in [-0.15, -0.1) is 0 Å². The van der Waals surface area contributed by atoms with E-state index in [-0.39, 0.29) is 6.10 Å². The van der Waals surface area contributed by atoms with Crippen LogP contribution in [0.5, 0.6) is 5.75 Å². The summed E-state index contributed by atoms with van der Waals surface area (Å²) in [6, 6.07) is 16.4. The lowest BCUT2D eigenvalue weighted by Gasteiger charge is -2.32. The van der Waals surface area contributed by atoms with E-state index in [9.17, 15) is 4.79 Å². The van der Waals surface area contributed by atoms with Gasteiger partial charge in [0.1, 0.15) is 11.9 Å². The SMILES string of the molecule is N#Cc1ccc(OC2CCN(Cc3cccc(C(=O)O)c3)CC2)cc1. The maximum Gasteiger partial charge on any atom is 0.335 e. The van der Waals surface area contributed by atoms with Gasteiger partial charge in [-0.05, 0) is 54.8 Å². The fourth-order valence-electron chi connectivity index (χ4n) is 3.05. The Morgan fingerprint density at radius 1 is 1.20 bits per heavy atom. The van der Waals surface area contributed by atoms with Crippen molar-refractivity contribution in [1.29, 1.82) is 5.26 Å². The first kappa shape index (κ1) is 17.0. The number of hydrogen-bond donors (Lipinski definition) is 1. The molecule has 0 radical (unpaired) electrons. The van der Waals surface area contributed by atoms with Crippen LogP contribution in [0.1, 0.15) is 34.3 Å². The molecule has 25 heavy (non-hydrogen) atoms. The maximum atomic E-state index is 11.1. The van der Waals surface area contributed by atoms with Gasteiger partial charge in [-0.3, -0.25) is 4.90 Å². The largest absolute Gasteiger partial charge is 0.490 e. The number of carbonyl (C=O) groups is 1. The molecule has 1 saturated heterocycles. The summed E-state index contributed by atoms with van der Waals surface area (Å²) in [7, 11) is 0. The number of carboxylic acid groups (broad SMARTS) is 1. The smallest absolute Gasteiger partial charge is 0.335 e. The van der Waals surface area contributed by atoms with E-state index in [2.05, 4.69) is 11.0 Å². The van der Waals surface area contributed by atoms with Crippen molar-refractivity contribution in [3.05, 3.63) is 65.2 Å². The lowest BCUT2D eigenvalue weighted by molar-refractivity contribution is 0.0696. The highest BCUT2D eigenvalue weighted by Gasteiger charge is 2.20. The van der Waals surface area contributed by atoms with E-state index in [1.54, 1.807) is 30.3 Å². The second-order valence-corrected chi connectivity index (χ2v) is 6.24. The van der Waals surface area contributed by atoms with Gasteiger partial charge in [0.05, 0.1) is 17.2 Å². The van der Waals surface area contributed by atoms with Crippen LogP contribution in [0.2, 0.25) is 0 Å². The van der Waals surface area contributed by atoms with Crippen LogP contribution in [0.25, 0.3) is 0 Å². The van der Waals surface area contributed by atoms with Crippen LogP contribution in [0.3, 0.4) is 0 Å². The van der Waals surface area contributed by atoms with Crippen molar-refractivity contribution < 1.29 is 14.6 Å². The Morgan fingerprint density at radius 3 is 2.56 bits per heavy atom. The molecule has 1 heterocycles. The van der Waals surface area contributed by atoms with Crippen LogP contribution in [-0.2, 0) is 6.54 Å². The first-order chi connectivity index (χ1) is 12.1. The van der Waals surface area contributed by atoms with Crippen LogP contribution >= 0.6 is 0 Å². The quantitative estimate of drug-likeness (QED) is 0.907. The van der Waals surface area contributed by atoms with Crippen molar-refractivity contribution in [3.63, 3.8) is 0 Å². The fraction of sp³-hybridized carbons (Fsp3) is 0.300. The molecule has 0 aliphatic carbocycles. The Balaban J connectivity index is 1.50. The summed E-state index contributed by atoms with van der Waals surface area (Å²) in [5.74, 6) is -0.0945. The number of likely N-dealkylation sites (tertiary alicyclic amines) is 1. The van der Waals surface area contributed by atoms with Crippen molar-refractivity contribution in [3.8, 4) is 11.8 Å². The topological polar surface area (TPSA) is 73.6 Å². The summed E-state index contributed by atoms with van der Waals surface area (Å²) in [5.41, 5.74) is 1.98. The highest BCUT2D eigenvalue weighted by Crippen LogP contribution is 2.21. The molecule has 1 fully saturated rings. The molecule has 1 N–H and O–H groups in total. The minimum atomic E-state index is -0.892. The number of benzene rings is 2. The normalized spacial score (nSPS) is 15.5. The molecule has 0 amide bonds. The Morgan fingerprint density at radius 2 is 1.92 bits per heavy atom. The molecule has 5 nitrogen and oxygen atoms in total. The molecule has 1 aliphatic heterocycles. The zero-order chi connectivity index (χ0) is 17.6. The van der Waals surface area contributed by atoms with Gasteiger partial charge < -0.3 is 9.84 Å². The van der Waals surface area contributed by atoms with E-state index in [0.717, 1.165) is 43.8 Å². The van der Waals surface area contributed by atoms with E-state index in [4.69, 9.17) is 15.1 Å². The molecule has 0 spiro atoms. The third-order valence-electron chi connectivity index (χ3n) is 4.40. The Hall–Kier alpha value is -2.84. The molecule has 0 atom stereocenters. The molecule has 2 aromatic carbocycles. The summed E-state index contributed by atoms with van der Waals surface area (Å²) in [5, 5.41) is 17.9. The molecule has 0 saturated carbocycles. The molecule has 1 aliphatic rings. The third kappa shape index (κ3) is 4.59. The van der Waals surface area contributed by atoms with E-state index in [1.807, 2.05) is 18.2 Å². The van der Waals surface area contributed by atoms with Gasteiger partial charge in [-0.25, -0.2) is 4.79 Å². The van der Waals surface area contributed by atoms with Crippen molar-refractivity contribution >= 4 is 5.97 Å². The predicted octanol–water partition coefficient (Wildman–Crippen LogP) is 3.30. The van der Waals surface area contributed by atoms with Gasteiger partial charge in [-0.2, -0.15) is 5.26 Å². The predicted molar refractivity (Wildman–Crippen MR) is 93.5 cm³/mol. The molecule has 2 aromatic rings. The van der Waals surface area contributed by atoms with Crippen LogP contribution < -0.4 is 4.74 Å². The number of rotatable bonds is 5. The molecule has 128 valence electrons. The second-order valence-electron chi connectivity index (χ2n) is 6.24. The molecule has 3 rings (SSSR count). The Bertz CT molecular complexity index is 772. The molecular weight excluding hydrogens is 316 g/mol. The van der Waals surface area contributed by atoms with Crippen molar-refractivity contribution in [2.24, 2.45) is 0 Å². The molecule has 0 unspecified atom stereocenters.